The fourth-order valence-electron chi connectivity index (χ4n) is 2.40. The highest BCUT2D eigenvalue weighted by atomic mass is 15.3. The Hall–Kier alpha value is -1.61. The number of rotatable bonds is 6. The van der Waals surface area contributed by atoms with E-state index in [0.29, 0.717) is 6.04 Å². The minimum Gasteiger partial charge on any atom is -0.309 e. The van der Waals surface area contributed by atoms with Crippen LogP contribution in [0.1, 0.15) is 36.7 Å². The first-order chi connectivity index (χ1) is 9.24. The van der Waals surface area contributed by atoms with Gasteiger partial charge in [-0.1, -0.05) is 38.1 Å². The van der Waals surface area contributed by atoms with E-state index in [1.807, 2.05) is 17.9 Å². The summed E-state index contributed by atoms with van der Waals surface area (Å²) in [7, 11) is 2.00. The zero-order chi connectivity index (χ0) is 13.7. The molecule has 0 saturated heterocycles. The summed E-state index contributed by atoms with van der Waals surface area (Å²) in [5, 5.41) is 7.81. The molecule has 0 aliphatic carbocycles. The maximum Gasteiger partial charge on any atom is 0.0553 e. The van der Waals surface area contributed by atoms with Crippen molar-refractivity contribution in [1.29, 1.82) is 0 Å². The monoisotopic (exact) mass is 257 g/mol. The number of nitrogens with one attached hydrogen (secondary N) is 1. The summed E-state index contributed by atoms with van der Waals surface area (Å²) in [6.45, 7) is 5.29. The van der Waals surface area contributed by atoms with Gasteiger partial charge in [-0.2, -0.15) is 5.10 Å². The molecule has 102 valence electrons. The van der Waals surface area contributed by atoms with Gasteiger partial charge in [-0.05, 0) is 36.6 Å². The summed E-state index contributed by atoms with van der Waals surface area (Å²) < 4.78 is 1.95. The minimum absolute atomic E-state index is 0.324. The Bertz CT molecular complexity index is 499. The third-order valence-electron chi connectivity index (χ3n) is 3.54. The van der Waals surface area contributed by atoms with Gasteiger partial charge in [0.1, 0.15) is 0 Å². The zero-order valence-electron chi connectivity index (χ0n) is 12.1. The summed E-state index contributed by atoms with van der Waals surface area (Å²) in [5.41, 5.74) is 4.00. The molecule has 3 heteroatoms. The van der Waals surface area contributed by atoms with Crippen LogP contribution in [-0.4, -0.2) is 16.3 Å². The molecule has 0 amide bonds. The number of aromatic nitrogens is 2. The van der Waals surface area contributed by atoms with Crippen molar-refractivity contribution in [3.63, 3.8) is 0 Å². The highest BCUT2D eigenvalue weighted by Crippen LogP contribution is 2.18. The molecular formula is C16H23N3. The van der Waals surface area contributed by atoms with E-state index in [-0.39, 0.29) is 0 Å². The molecule has 1 aromatic carbocycles. The fraction of sp³-hybridized carbons (Fsp3) is 0.438. The van der Waals surface area contributed by atoms with E-state index in [1.54, 1.807) is 0 Å². The lowest BCUT2D eigenvalue weighted by Gasteiger charge is -2.18. The molecule has 0 aliphatic heterocycles. The molecule has 0 saturated carbocycles. The Labute approximate surface area is 115 Å². The van der Waals surface area contributed by atoms with Crippen molar-refractivity contribution in [3.05, 3.63) is 53.3 Å². The third-order valence-corrected chi connectivity index (χ3v) is 3.54. The number of hydrogen-bond donors (Lipinski definition) is 1. The molecule has 2 aromatic rings. The Morgan fingerprint density at radius 2 is 1.79 bits per heavy atom. The normalized spacial score (nSPS) is 12.6. The highest BCUT2D eigenvalue weighted by molar-refractivity contribution is 5.24. The van der Waals surface area contributed by atoms with Crippen LogP contribution in [0.4, 0.5) is 0 Å². The number of benzene rings is 1. The third kappa shape index (κ3) is 3.44. The van der Waals surface area contributed by atoms with Crippen molar-refractivity contribution in [2.45, 2.75) is 32.7 Å². The summed E-state index contributed by atoms with van der Waals surface area (Å²) in [6, 6.07) is 11.3. The summed E-state index contributed by atoms with van der Waals surface area (Å²) in [4.78, 5) is 0. The zero-order valence-corrected chi connectivity index (χ0v) is 12.1. The van der Waals surface area contributed by atoms with Crippen LogP contribution in [0.15, 0.2) is 36.5 Å². The van der Waals surface area contributed by atoms with Gasteiger partial charge in [0.25, 0.3) is 0 Å². The van der Waals surface area contributed by atoms with Crippen LogP contribution in [0, 0.1) is 0 Å². The number of aryl methyl sites for hydroxylation is 2. The number of hydrogen-bond acceptors (Lipinski definition) is 2. The molecule has 1 unspecified atom stereocenters. The Morgan fingerprint density at radius 3 is 2.32 bits per heavy atom. The van der Waals surface area contributed by atoms with Crippen molar-refractivity contribution in [1.82, 2.24) is 15.1 Å². The second kappa shape index (κ2) is 6.53. The smallest absolute Gasteiger partial charge is 0.0553 e. The maximum atomic E-state index is 4.27. The Balaban J connectivity index is 2.14. The lowest BCUT2D eigenvalue weighted by atomic mass is 10.0. The second-order valence-electron chi connectivity index (χ2n) is 4.86. The minimum atomic E-state index is 0.324. The van der Waals surface area contributed by atoms with Gasteiger partial charge in [-0.15, -0.1) is 0 Å². The van der Waals surface area contributed by atoms with Gasteiger partial charge in [-0.25, -0.2) is 0 Å². The molecule has 0 aliphatic rings. The maximum absolute atomic E-state index is 4.27. The first-order valence-corrected chi connectivity index (χ1v) is 7.03. The molecule has 3 nitrogen and oxygen atoms in total. The molecule has 0 spiro atoms. The number of likely N-dealkylation sites (N-methyl/N-ethyl adjacent to an activating group) is 1. The molecule has 1 aromatic heterocycles. The van der Waals surface area contributed by atoms with Crippen molar-refractivity contribution in [2.24, 2.45) is 7.05 Å². The fourth-order valence-corrected chi connectivity index (χ4v) is 2.40. The van der Waals surface area contributed by atoms with E-state index in [9.17, 15) is 0 Å². The van der Waals surface area contributed by atoms with Crippen molar-refractivity contribution >= 4 is 0 Å². The van der Waals surface area contributed by atoms with Gasteiger partial charge in [0, 0.05) is 13.2 Å². The van der Waals surface area contributed by atoms with Crippen LogP contribution in [0.5, 0.6) is 0 Å². The predicted molar refractivity (Wildman–Crippen MR) is 79.1 cm³/mol. The van der Waals surface area contributed by atoms with Gasteiger partial charge in [-0.3, -0.25) is 4.68 Å². The van der Waals surface area contributed by atoms with Crippen LogP contribution in [0.2, 0.25) is 0 Å². The quantitative estimate of drug-likeness (QED) is 0.862. The summed E-state index contributed by atoms with van der Waals surface area (Å²) >= 11 is 0. The molecule has 0 radical (unpaired) electrons. The molecule has 0 bridgehead atoms. The highest BCUT2D eigenvalue weighted by Gasteiger charge is 2.14. The van der Waals surface area contributed by atoms with E-state index in [1.165, 1.54) is 16.8 Å². The SMILES string of the molecule is CCNC(Cc1ccc(CC)cc1)c1ccnn1C. The standard InChI is InChI=1S/C16H23N3/c1-4-13-6-8-14(9-7-13)12-15(17-5-2)16-10-11-18-19(16)3/h6-11,15,17H,4-5,12H2,1-3H3. The Morgan fingerprint density at radius 1 is 1.11 bits per heavy atom. The molecule has 1 heterocycles. The largest absolute Gasteiger partial charge is 0.309 e. The van der Waals surface area contributed by atoms with Crippen LogP contribution in [0.25, 0.3) is 0 Å². The van der Waals surface area contributed by atoms with E-state index in [0.717, 1.165) is 19.4 Å². The molecular weight excluding hydrogens is 234 g/mol. The predicted octanol–water partition coefficient (Wildman–Crippen LogP) is 2.88. The average Bonchev–Trinajstić information content (AvgIpc) is 2.85. The first kappa shape index (κ1) is 13.8. The average molecular weight is 257 g/mol. The van der Waals surface area contributed by atoms with Crippen LogP contribution < -0.4 is 5.32 Å². The van der Waals surface area contributed by atoms with E-state index in [4.69, 9.17) is 0 Å². The van der Waals surface area contributed by atoms with Gasteiger partial charge in [0.15, 0.2) is 0 Å². The van der Waals surface area contributed by atoms with Gasteiger partial charge in [0.05, 0.1) is 11.7 Å². The number of nitrogens with zero attached hydrogens (tertiary/aromatic N) is 2. The Kier molecular flexibility index (Phi) is 4.74. The van der Waals surface area contributed by atoms with Crippen LogP contribution in [0.3, 0.4) is 0 Å². The molecule has 2 rings (SSSR count). The molecule has 0 fully saturated rings. The molecule has 1 N–H and O–H groups in total. The lowest BCUT2D eigenvalue weighted by molar-refractivity contribution is 0.508. The van der Waals surface area contributed by atoms with Crippen LogP contribution in [-0.2, 0) is 19.9 Å². The van der Waals surface area contributed by atoms with E-state index in [2.05, 4.69) is 54.6 Å². The molecule has 19 heavy (non-hydrogen) atoms. The van der Waals surface area contributed by atoms with Gasteiger partial charge >= 0.3 is 0 Å². The van der Waals surface area contributed by atoms with E-state index >= 15 is 0 Å². The topological polar surface area (TPSA) is 29.9 Å². The second-order valence-corrected chi connectivity index (χ2v) is 4.86. The molecule has 1 atom stereocenters. The van der Waals surface area contributed by atoms with Gasteiger partial charge in [0.2, 0.25) is 0 Å². The van der Waals surface area contributed by atoms with Crippen molar-refractivity contribution in [2.75, 3.05) is 6.54 Å². The van der Waals surface area contributed by atoms with E-state index < -0.39 is 0 Å². The summed E-state index contributed by atoms with van der Waals surface area (Å²) in [5.74, 6) is 0. The van der Waals surface area contributed by atoms with Crippen molar-refractivity contribution < 1.29 is 0 Å². The summed E-state index contributed by atoms with van der Waals surface area (Å²) in [6.07, 6.45) is 3.95. The lowest BCUT2D eigenvalue weighted by Crippen LogP contribution is -2.25. The van der Waals surface area contributed by atoms with Crippen molar-refractivity contribution in [3.8, 4) is 0 Å². The van der Waals surface area contributed by atoms with Crippen LogP contribution >= 0.6 is 0 Å². The van der Waals surface area contributed by atoms with Gasteiger partial charge < -0.3 is 5.32 Å². The first-order valence-electron chi connectivity index (χ1n) is 7.03.